The van der Waals surface area contributed by atoms with Crippen molar-refractivity contribution in [3.63, 3.8) is 0 Å². The summed E-state index contributed by atoms with van der Waals surface area (Å²) in [7, 11) is -3.68. The second-order valence-corrected chi connectivity index (χ2v) is 5.59. The zero-order valence-corrected chi connectivity index (χ0v) is 11.1. The number of hydrogen-bond acceptors (Lipinski definition) is 3. The van der Waals surface area contributed by atoms with Gasteiger partial charge in [0.2, 0.25) is 5.91 Å². The molecule has 0 aliphatic carbocycles. The molecule has 0 radical (unpaired) electrons. The van der Waals surface area contributed by atoms with Crippen LogP contribution in [-0.4, -0.2) is 14.3 Å². The Labute approximate surface area is 107 Å². The SMILES string of the molecule is CC(C)C(=O)Nc1ccc(CNS(N)(=O)=O)cc1. The number of carbonyl (C=O) groups is 1. The van der Waals surface area contributed by atoms with Gasteiger partial charge >= 0.3 is 0 Å². The predicted octanol–water partition coefficient (Wildman–Crippen LogP) is 0.574. The van der Waals surface area contributed by atoms with Gasteiger partial charge in [0.25, 0.3) is 10.2 Å². The van der Waals surface area contributed by atoms with E-state index in [-0.39, 0.29) is 18.4 Å². The first-order chi connectivity index (χ1) is 8.28. The third kappa shape index (κ3) is 5.26. The highest BCUT2D eigenvalue weighted by Gasteiger charge is 2.07. The molecule has 0 aliphatic rings. The van der Waals surface area contributed by atoms with Gasteiger partial charge in [-0.3, -0.25) is 4.79 Å². The van der Waals surface area contributed by atoms with Crippen molar-refractivity contribution >= 4 is 21.8 Å². The Hall–Kier alpha value is -1.44. The van der Waals surface area contributed by atoms with E-state index in [9.17, 15) is 13.2 Å². The molecule has 0 fully saturated rings. The molecule has 0 atom stereocenters. The lowest BCUT2D eigenvalue weighted by molar-refractivity contribution is -0.118. The van der Waals surface area contributed by atoms with Crippen LogP contribution in [0, 0.1) is 5.92 Å². The van der Waals surface area contributed by atoms with Gasteiger partial charge in [-0.05, 0) is 17.7 Å². The van der Waals surface area contributed by atoms with Crippen molar-refractivity contribution < 1.29 is 13.2 Å². The Kier molecular flexibility index (Phi) is 4.83. The zero-order chi connectivity index (χ0) is 13.8. The number of rotatable bonds is 5. The molecule has 6 nitrogen and oxygen atoms in total. The van der Waals surface area contributed by atoms with Gasteiger partial charge in [0.1, 0.15) is 0 Å². The average molecular weight is 271 g/mol. The van der Waals surface area contributed by atoms with E-state index >= 15 is 0 Å². The zero-order valence-electron chi connectivity index (χ0n) is 10.3. The van der Waals surface area contributed by atoms with Crippen molar-refractivity contribution in [2.24, 2.45) is 11.1 Å². The topological polar surface area (TPSA) is 101 Å². The van der Waals surface area contributed by atoms with Crippen LogP contribution in [0.2, 0.25) is 0 Å². The number of hydrogen-bond donors (Lipinski definition) is 3. The molecule has 0 bridgehead atoms. The average Bonchev–Trinajstić information content (AvgIpc) is 2.27. The fourth-order valence-electron chi connectivity index (χ4n) is 1.18. The molecule has 0 saturated heterocycles. The van der Waals surface area contributed by atoms with Gasteiger partial charge in [0.15, 0.2) is 0 Å². The molecule has 100 valence electrons. The summed E-state index contributed by atoms with van der Waals surface area (Å²) in [4.78, 5) is 11.4. The third-order valence-electron chi connectivity index (χ3n) is 2.22. The summed E-state index contributed by atoms with van der Waals surface area (Å²) in [6.07, 6.45) is 0. The van der Waals surface area contributed by atoms with Gasteiger partial charge in [-0.15, -0.1) is 0 Å². The van der Waals surface area contributed by atoms with E-state index in [4.69, 9.17) is 5.14 Å². The molecule has 1 aromatic rings. The van der Waals surface area contributed by atoms with Crippen molar-refractivity contribution in [3.05, 3.63) is 29.8 Å². The Morgan fingerprint density at radius 1 is 1.28 bits per heavy atom. The molecule has 0 saturated carbocycles. The van der Waals surface area contributed by atoms with E-state index in [0.29, 0.717) is 5.69 Å². The third-order valence-corrected chi connectivity index (χ3v) is 2.77. The van der Waals surface area contributed by atoms with Crippen molar-refractivity contribution in [2.75, 3.05) is 5.32 Å². The van der Waals surface area contributed by atoms with E-state index in [1.54, 1.807) is 38.1 Å². The monoisotopic (exact) mass is 271 g/mol. The minimum absolute atomic E-state index is 0.0644. The normalized spacial score (nSPS) is 11.6. The summed E-state index contributed by atoms with van der Waals surface area (Å²) in [6.45, 7) is 3.73. The summed E-state index contributed by atoms with van der Waals surface area (Å²) in [5, 5.41) is 7.56. The minimum Gasteiger partial charge on any atom is -0.326 e. The quantitative estimate of drug-likeness (QED) is 0.729. The van der Waals surface area contributed by atoms with Crippen LogP contribution < -0.4 is 15.2 Å². The maximum atomic E-state index is 11.4. The first-order valence-electron chi connectivity index (χ1n) is 5.45. The first-order valence-corrected chi connectivity index (χ1v) is 7.00. The van der Waals surface area contributed by atoms with Crippen LogP contribution in [0.15, 0.2) is 24.3 Å². The van der Waals surface area contributed by atoms with Gasteiger partial charge in [-0.2, -0.15) is 13.1 Å². The number of nitrogens with one attached hydrogen (secondary N) is 2. The molecule has 0 spiro atoms. The molecule has 7 heteroatoms. The molecule has 0 unspecified atom stereocenters. The second kappa shape index (κ2) is 5.94. The summed E-state index contributed by atoms with van der Waals surface area (Å²) in [6, 6.07) is 6.85. The molecule has 1 rings (SSSR count). The number of carbonyl (C=O) groups excluding carboxylic acids is 1. The van der Waals surface area contributed by atoms with Crippen molar-refractivity contribution in [3.8, 4) is 0 Å². The van der Waals surface area contributed by atoms with Crippen LogP contribution in [0.1, 0.15) is 19.4 Å². The van der Waals surface area contributed by atoms with Crippen LogP contribution in [0.4, 0.5) is 5.69 Å². The van der Waals surface area contributed by atoms with Crippen LogP contribution in [-0.2, 0) is 21.5 Å². The van der Waals surface area contributed by atoms with Crippen LogP contribution in [0.5, 0.6) is 0 Å². The summed E-state index contributed by atoms with van der Waals surface area (Å²) in [5.41, 5.74) is 1.43. The number of nitrogens with two attached hydrogens (primary N) is 1. The van der Waals surface area contributed by atoms with Crippen molar-refractivity contribution in [1.29, 1.82) is 0 Å². The maximum Gasteiger partial charge on any atom is 0.274 e. The van der Waals surface area contributed by atoms with Crippen LogP contribution in [0.3, 0.4) is 0 Å². The van der Waals surface area contributed by atoms with Crippen molar-refractivity contribution in [2.45, 2.75) is 20.4 Å². The van der Waals surface area contributed by atoms with E-state index in [2.05, 4.69) is 10.0 Å². The predicted molar refractivity (Wildman–Crippen MR) is 69.9 cm³/mol. The number of amides is 1. The highest BCUT2D eigenvalue weighted by molar-refractivity contribution is 7.87. The highest BCUT2D eigenvalue weighted by Crippen LogP contribution is 2.10. The molecular formula is C11H17N3O3S. The van der Waals surface area contributed by atoms with E-state index < -0.39 is 10.2 Å². The van der Waals surface area contributed by atoms with Gasteiger partial charge in [-0.1, -0.05) is 26.0 Å². The second-order valence-electron chi connectivity index (χ2n) is 4.21. The lowest BCUT2D eigenvalue weighted by atomic mass is 10.2. The Bertz CT molecular complexity index is 509. The first kappa shape index (κ1) is 14.6. The molecule has 0 aromatic heterocycles. The summed E-state index contributed by atoms with van der Waals surface area (Å²) in [5.74, 6) is -0.154. The molecule has 18 heavy (non-hydrogen) atoms. The van der Waals surface area contributed by atoms with Crippen LogP contribution in [0.25, 0.3) is 0 Å². The van der Waals surface area contributed by atoms with E-state index in [1.165, 1.54) is 0 Å². The fraction of sp³-hybridized carbons (Fsp3) is 0.364. The summed E-state index contributed by atoms with van der Waals surface area (Å²) < 4.78 is 23.6. The Balaban J connectivity index is 2.60. The molecule has 4 N–H and O–H groups in total. The Morgan fingerprint density at radius 2 is 1.83 bits per heavy atom. The number of benzene rings is 1. The highest BCUT2D eigenvalue weighted by atomic mass is 32.2. The van der Waals surface area contributed by atoms with E-state index in [1.807, 2.05) is 0 Å². The van der Waals surface area contributed by atoms with Gasteiger partial charge in [0.05, 0.1) is 0 Å². The molecule has 1 amide bonds. The van der Waals surface area contributed by atoms with Gasteiger partial charge < -0.3 is 5.32 Å². The molecule has 0 aliphatic heterocycles. The van der Waals surface area contributed by atoms with Gasteiger partial charge in [-0.25, -0.2) is 5.14 Å². The largest absolute Gasteiger partial charge is 0.326 e. The Morgan fingerprint density at radius 3 is 2.28 bits per heavy atom. The van der Waals surface area contributed by atoms with Crippen LogP contribution >= 0.6 is 0 Å². The van der Waals surface area contributed by atoms with E-state index in [0.717, 1.165) is 5.56 Å². The smallest absolute Gasteiger partial charge is 0.274 e. The van der Waals surface area contributed by atoms with Gasteiger partial charge in [0, 0.05) is 18.2 Å². The standard InChI is InChI=1S/C11H17N3O3S/c1-8(2)11(15)14-10-5-3-9(4-6-10)7-13-18(12,16)17/h3-6,8,13H,7H2,1-2H3,(H,14,15)(H2,12,16,17). The number of anilines is 1. The molecular weight excluding hydrogens is 254 g/mol. The van der Waals surface area contributed by atoms with Crippen molar-refractivity contribution in [1.82, 2.24) is 4.72 Å². The minimum atomic E-state index is -3.68. The molecule has 0 heterocycles. The maximum absolute atomic E-state index is 11.4. The molecule has 1 aromatic carbocycles. The lowest BCUT2D eigenvalue weighted by Gasteiger charge is -2.08. The summed E-state index contributed by atoms with van der Waals surface area (Å²) >= 11 is 0. The lowest BCUT2D eigenvalue weighted by Crippen LogP contribution is -2.30. The fourth-order valence-corrected chi connectivity index (χ4v) is 1.54.